The molecule has 0 radical (unpaired) electrons. The predicted octanol–water partition coefficient (Wildman–Crippen LogP) is 0.110. The van der Waals surface area contributed by atoms with E-state index in [4.69, 9.17) is 4.74 Å². The van der Waals surface area contributed by atoms with Gasteiger partial charge in [0.1, 0.15) is 0 Å². The first-order valence-electron chi connectivity index (χ1n) is 6.68. The topological polar surface area (TPSA) is 59.4 Å². The van der Waals surface area contributed by atoms with E-state index in [1.807, 2.05) is 30.9 Å². The molecular weight excluding hydrogens is 244 g/mol. The second-order valence-corrected chi connectivity index (χ2v) is 5.20. The molecule has 0 aromatic carbocycles. The third-order valence-electron chi connectivity index (χ3n) is 3.35. The Bertz CT molecular complexity index is 407. The quantitative estimate of drug-likeness (QED) is 0.769. The fourth-order valence-corrected chi connectivity index (χ4v) is 2.27. The summed E-state index contributed by atoms with van der Waals surface area (Å²) in [5.74, 6) is -0.0282. The molecule has 1 atom stereocenters. The van der Waals surface area contributed by atoms with Crippen molar-refractivity contribution < 1.29 is 9.53 Å². The van der Waals surface area contributed by atoms with Gasteiger partial charge in [-0.05, 0) is 26.5 Å². The molecule has 6 nitrogen and oxygen atoms in total. The predicted molar refractivity (Wildman–Crippen MR) is 71.7 cm³/mol. The van der Waals surface area contributed by atoms with E-state index in [0.717, 1.165) is 19.5 Å². The zero-order valence-corrected chi connectivity index (χ0v) is 11.6. The number of carbonyl (C=O) groups is 1. The van der Waals surface area contributed by atoms with E-state index in [1.54, 1.807) is 6.20 Å². The summed E-state index contributed by atoms with van der Waals surface area (Å²) >= 11 is 0. The normalized spacial score (nSPS) is 24.3. The number of carbonyl (C=O) groups excluding carboxylic acids is 1. The van der Waals surface area contributed by atoms with Crippen LogP contribution in [0.3, 0.4) is 0 Å². The molecule has 0 aliphatic carbocycles. The molecule has 106 valence electrons. The van der Waals surface area contributed by atoms with Gasteiger partial charge < -0.3 is 15.0 Å². The van der Waals surface area contributed by atoms with Gasteiger partial charge in [0.2, 0.25) is 0 Å². The standard InChI is InChI=1S/C13H22N4O2/c1-13(11-16(2)9-10-19-13)12(18)14-5-3-7-17-8-4-6-15-17/h4,6,8H,3,5,7,9-11H2,1-2H3,(H,14,18)/t13-/m1/s1. The molecule has 0 saturated carbocycles. The first-order chi connectivity index (χ1) is 9.10. The van der Waals surface area contributed by atoms with Crippen LogP contribution in [0.5, 0.6) is 0 Å². The number of hydrogen-bond donors (Lipinski definition) is 1. The van der Waals surface area contributed by atoms with E-state index in [0.29, 0.717) is 19.7 Å². The number of aromatic nitrogens is 2. The summed E-state index contributed by atoms with van der Waals surface area (Å²) < 4.78 is 7.49. The summed E-state index contributed by atoms with van der Waals surface area (Å²) in [6.07, 6.45) is 4.53. The smallest absolute Gasteiger partial charge is 0.253 e. The van der Waals surface area contributed by atoms with Gasteiger partial charge in [0.15, 0.2) is 5.60 Å². The molecule has 6 heteroatoms. The molecule has 1 saturated heterocycles. The highest BCUT2D eigenvalue weighted by molar-refractivity contribution is 5.85. The summed E-state index contributed by atoms with van der Waals surface area (Å²) in [5, 5.41) is 7.06. The van der Waals surface area contributed by atoms with Crippen molar-refractivity contribution in [3.8, 4) is 0 Å². The number of nitrogens with zero attached hydrogens (tertiary/aromatic N) is 3. The van der Waals surface area contributed by atoms with Crippen molar-refractivity contribution >= 4 is 5.91 Å². The highest BCUT2D eigenvalue weighted by Crippen LogP contribution is 2.16. The number of ether oxygens (including phenoxy) is 1. The first kappa shape index (κ1) is 14.0. The van der Waals surface area contributed by atoms with E-state index >= 15 is 0 Å². The lowest BCUT2D eigenvalue weighted by Crippen LogP contribution is -2.57. The number of rotatable bonds is 5. The van der Waals surface area contributed by atoms with Gasteiger partial charge >= 0.3 is 0 Å². The number of amides is 1. The molecule has 1 aromatic heterocycles. The summed E-state index contributed by atoms with van der Waals surface area (Å²) in [4.78, 5) is 14.3. The van der Waals surface area contributed by atoms with Crippen LogP contribution in [0.15, 0.2) is 18.5 Å². The molecule has 2 rings (SSSR count). The molecule has 1 aliphatic rings. The SMILES string of the molecule is CN1CCO[C@@](C)(C(=O)NCCCn2cccn2)C1. The van der Waals surface area contributed by atoms with Gasteiger partial charge in [0, 0.05) is 38.6 Å². The maximum absolute atomic E-state index is 12.1. The third-order valence-corrected chi connectivity index (χ3v) is 3.35. The van der Waals surface area contributed by atoms with Gasteiger partial charge in [0.25, 0.3) is 5.91 Å². The Hall–Kier alpha value is -1.40. The van der Waals surface area contributed by atoms with Gasteiger partial charge in [-0.25, -0.2) is 0 Å². The Labute approximate surface area is 113 Å². The maximum Gasteiger partial charge on any atom is 0.253 e. The number of nitrogens with one attached hydrogen (secondary N) is 1. The largest absolute Gasteiger partial charge is 0.363 e. The van der Waals surface area contributed by atoms with E-state index in [9.17, 15) is 4.79 Å². The Morgan fingerprint density at radius 2 is 2.42 bits per heavy atom. The van der Waals surface area contributed by atoms with Crippen molar-refractivity contribution in [3.05, 3.63) is 18.5 Å². The summed E-state index contributed by atoms with van der Waals surface area (Å²) in [6.45, 7) is 5.42. The molecule has 1 fully saturated rings. The van der Waals surface area contributed by atoms with Crippen LogP contribution in [-0.2, 0) is 16.1 Å². The molecule has 1 amide bonds. The third kappa shape index (κ3) is 3.78. The molecule has 0 unspecified atom stereocenters. The molecule has 1 N–H and O–H groups in total. The number of hydrogen-bond acceptors (Lipinski definition) is 4. The van der Waals surface area contributed by atoms with Crippen molar-refractivity contribution in [2.45, 2.75) is 25.5 Å². The molecular formula is C13H22N4O2. The van der Waals surface area contributed by atoms with Crippen LogP contribution >= 0.6 is 0 Å². The van der Waals surface area contributed by atoms with Crippen molar-refractivity contribution in [1.82, 2.24) is 20.0 Å². The minimum absolute atomic E-state index is 0.0282. The minimum atomic E-state index is -0.724. The van der Waals surface area contributed by atoms with Crippen LogP contribution in [0.25, 0.3) is 0 Å². The zero-order valence-electron chi connectivity index (χ0n) is 11.6. The van der Waals surface area contributed by atoms with Gasteiger partial charge in [-0.1, -0.05) is 0 Å². The highest BCUT2D eigenvalue weighted by Gasteiger charge is 2.37. The monoisotopic (exact) mass is 266 g/mol. The van der Waals surface area contributed by atoms with Crippen LogP contribution < -0.4 is 5.32 Å². The second-order valence-electron chi connectivity index (χ2n) is 5.20. The van der Waals surface area contributed by atoms with E-state index in [-0.39, 0.29) is 5.91 Å². The number of morpholine rings is 1. The minimum Gasteiger partial charge on any atom is -0.363 e. The fraction of sp³-hybridized carbons (Fsp3) is 0.692. The molecule has 1 aliphatic heterocycles. The number of likely N-dealkylation sites (N-methyl/N-ethyl adjacent to an activating group) is 1. The van der Waals surface area contributed by atoms with E-state index in [2.05, 4.69) is 15.3 Å². The van der Waals surface area contributed by atoms with Crippen LogP contribution in [0.4, 0.5) is 0 Å². The molecule has 1 aromatic rings. The lowest BCUT2D eigenvalue weighted by atomic mass is 10.0. The van der Waals surface area contributed by atoms with Crippen molar-refractivity contribution in [2.24, 2.45) is 0 Å². The summed E-state index contributed by atoms with van der Waals surface area (Å²) in [7, 11) is 2.01. The van der Waals surface area contributed by atoms with Crippen LogP contribution in [0.2, 0.25) is 0 Å². The lowest BCUT2D eigenvalue weighted by molar-refractivity contribution is -0.155. The Morgan fingerprint density at radius 3 is 3.11 bits per heavy atom. The lowest BCUT2D eigenvalue weighted by Gasteiger charge is -2.37. The first-order valence-corrected chi connectivity index (χ1v) is 6.68. The molecule has 19 heavy (non-hydrogen) atoms. The van der Waals surface area contributed by atoms with Crippen molar-refractivity contribution in [1.29, 1.82) is 0 Å². The van der Waals surface area contributed by atoms with Gasteiger partial charge in [-0.3, -0.25) is 9.48 Å². The zero-order chi connectivity index (χ0) is 13.7. The Morgan fingerprint density at radius 1 is 1.58 bits per heavy atom. The Balaban J connectivity index is 1.71. The van der Waals surface area contributed by atoms with Crippen molar-refractivity contribution in [2.75, 3.05) is 33.3 Å². The van der Waals surface area contributed by atoms with Crippen LogP contribution in [0, 0.1) is 0 Å². The van der Waals surface area contributed by atoms with Gasteiger partial charge in [-0.15, -0.1) is 0 Å². The number of aryl methyl sites for hydroxylation is 1. The van der Waals surface area contributed by atoms with Gasteiger partial charge in [0.05, 0.1) is 6.61 Å². The average Bonchev–Trinajstić information content (AvgIpc) is 2.87. The van der Waals surface area contributed by atoms with Gasteiger partial charge in [-0.2, -0.15) is 5.10 Å². The van der Waals surface area contributed by atoms with Crippen LogP contribution in [-0.4, -0.2) is 59.5 Å². The maximum atomic E-state index is 12.1. The van der Waals surface area contributed by atoms with Crippen molar-refractivity contribution in [3.63, 3.8) is 0 Å². The Kier molecular flexibility index (Phi) is 4.55. The van der Waals surface area contributed by atoms with E-state index in [1.165, 1.54) is 0 Å². The summed E-state index contributed by atoms with van der Waals surface area (Å²) in [5.41, 5.74) is -0.724. The second kappa shape index (κ2) is 6.16. The fourth-order valence-electron chi connectivity index (χ4n) is 2.27. The average molecular weight is 266 g/mol. The highest BCUT2D eigenvalue weighted by atomic mass is 16.5. The molecule has 2 heterocycles. The molecule has 0 bridgehead atoms. The van der Waals surface area contributed by atoms with Crippen LogP contribution in [0.1, 0.15) is 13.3 Å². The summed E-state index contributed by atoms with van der Waals surface area (Å²) in [6, 6.07) is 1.89. The van der Waals surface area contributed by atoms with E-state index < -0.39 is 5.60 Å². The molecule has 0 spiro atoms.